The highest BCUT2D eigenvalue weighted by Gasteiger charge is 2.16. The third-order valence-electron chi connectivity index (χ3n) is 3.07. The number of rotatable bonds is 5. The van der Waals surface area contributed by atoms with E-state index >= 15 is 0 Å². The minimum atomic E-state index is 0.359. The van der Waals surface area contributed by atoms with Crippen LogP contribution in [0.4, 0.5) is 0 Å². The van der Waals surface area contributed by atoms with E-state index < -0.39 is 0 Å². The van der Waals surface area contributed by atoms with Gasteiger partial charge in [-0.15, -0.1) is 0 Å². The van der Waals surface area contributed by atoms with E-state index in [4.69, 9.17) is 9.47 Å². The van der Waals surface area contributed by atoms with Crippen LogP contribution in [0, 0.1) is 0 Å². The van der Waals surface area contributed by atoms with Gasteiger partial charge in [-0.1, -0.05) is 26.0 Å². The van der Waals surface area contributed by atoms with E-state index in [1.165, 1.54) is 5.56 Å². The van der Waals surface area contributed by atoms with Gasteiger partial charge < -0.3 is 14.4 Å². The molecule has 0 spiro atoms. The molecule has 0 N–H and O–H groups in total. The highest BCUT2D eigenvalue weighted by molar-refractivity contribution is 5.48. The fourth-order valence-corrected chi connectivity index (χ4v) is 2.01. The molecule has 0 aromatic heterocycles. The summed E-state index contributed by atoms with van der Waals surface area (Å²) in [5.41, 5.74) is 1.25. The van der Waals surface area contributed by atoms with Gasteiger partial charge in [-0.05, 0) is 31.1 Å². The molecule has 0 fully saturated rings. The molecule has 88 valence electrons. The molecule has 0 atom stereocenters. The average molecular weight is 221 g/mol. The Morgan fingerprint density at radius 1 is 1.19 bits per heavy atom. The van der Waals surface area contributed by atoms with E-state index in [1.54, 1.807) is 0 Å². The Balaban J connectivity index is 2.02. The largest absolute Gasteiger partial charge is 0.454 e. The van der Waals surface area contributed by atoms with Gasteiger partial charge in [-0.25, -0.2) is 0 Å². The molecular weight excluding hydrogens is 202 g/mol. The minimum Gasteiger partial charge on any atom is -0.454 e. The molecule has 1 aliphatic heterocycles. The third-order valence-corrected chi connectivity index (χ3v) is 3.07. The lowest BCUT2D eigenvalue weighted by atomic mass is 10.1. The fourth-order valence-electron chi connectivity index (χ4n) is 2.01. The standard InChI is InChI=1S/C13H19NO2/c1-3-14(4-2)9-8-11-6-5-7-12-13(11)16-10-15-12/h5-7H,3-4,8-10H2,1-2H3. The zero-order valence-corrected chi connectivity index (χ0v) is 10.0. The lowest BCUT2D eigenvalue weighted by molar-refractivity contribution is 0.173. The second kappa shape index (κ2) is 5.21. The molecule has 1 aromatic carbocycles. The van der Waals surface area contributed by atoms with Gasteiger partial charge in [0.15, 0.2) is 11.5 Å². The first-order valence-electron chi connectivity index (χ1n) is 5.95. The summed E-state index contributed by atoms with van der Waals surface area (Å²) in [5, 5.41) is 0. The molecule has 1 heterocycles. The summed E-state index contributed by atoms with van der Waals surface area (Å²) < 4.78 is 10.9. The highest BCUT2D eigenvalue weighted by atomic mass is 16.7. The van der Waals surface area contributed by atoms with Crippen molar-refractivity contribution in [2.45, 2.75) is 20.3 Å². The van der Waals surface area contributed by atoms with Crippen LogP contribution in [0.1, 0.15) is 19.4 Å². The maximum atomic E-state index is 5.49. The van der Waals surface area contributed by atoms with Crippen molar-refractivity contribution < 1.29 is 9.47 Å². The van der Waals surface area contributed by atoms with Gasteiger partial charge in [0.25, 0.3) is 0 Å². The van der Waals surface area contributed by atoms with E-state index in [2.05, 4.69) is 24.8 Å². The van der Waals surface area contributed by atoms with Gasteiger partial charge in [0.05, 0.1) is 0 Å². The Hall–Kier alpha value is -1.22. The molecule has 0 saturated carbocycles. The quantitative estimate of drug-likeness (QED) is 0.761. The summed E-state index contributed by atoms with van der Waals surface area (Å²) in [5.74, 6) is 1.83. The molecule has 2 rings (SSSR count). The third kappa shape index (κ3) is 2.30. The number of hydrogen-bond donors (Lipinski definition) is 0. The SMILES string of the molecule is CCN(CC)CCc1cccc2c1OCO2. The Morgan fingerprint density at radius 3 is 2.75 bits per heavy atom. The summed E-state index contributed by atoms with van der Waals surface area (Å²) in [6.45, 7) is 8.02. The normalized spacial score (nSPS) is 13.4. The highest BCUT2D eigenvalue weighted by Crippen LogP contribution is 2.35. The topological polar surface area (TPSA) is 21.7 Å². The molecule has 3 heteroatoms. The van der Waals surface area contributed by atoms with Crippen molar-refractivity contribution in [2.75, 3.05) is 26.4 Å². The molecule has 0 unspecified atom stereocenters. The Bertz CT molecular complexity index is 348. The first-order valence-corrected chi connectivity index (χ1v) is 5.95. The van der Waals surface area contributed by atoms with Crippen molar-refractivity contribution in [3.8, 4) is 11.5 Å². The van der Waals surface area contributed by atoms with Crippen LogP contribution in [0.2, 0.25) is 0 Å². The summed E-state index contributed by atoms with van der Waals surface area (Å²) >= 11 is 0. The van der Waals surface area contributed by atoms with Crippen LogP contribution in [0.3, 0.4) is 0 Å². The molecule has 0 amide bonds. The second-order valence-electron chi connectivity index (χ2n) is 3.93. The molecule has 0 saturated heterocycles. The number of fused-ring (bicyclic) bond motifs is 1. The zero-order chi connectivity index (χ0) is 11.4. The number of para-hydroxylation sites is 1. The van der Waals surface area contributed by atoms with Crippen LogP contribution in [0.15, 0.2) is 18.2 Å². The number of benzene rings is 1. The van der Waals surface area contributed by atoms with E-state index in [0.29, 0.717) is 6.79 Å². The Labute approximate surface area is 97.0 Å². The fraction of sp³-hybridized carbons (Fsp3) is 0.538. The zero-order valence-electron chi connectivity index (χ0n) is 10.0. The van der Waals surface area contributed by atoms with Gasteiger partial charge in [0, 0.05) is 6.54 Å². The van der Waals surface area contributed by atoms with E-state index in [9.17, 15) is 0 Å². The van der Waals surface area contributed by atoms with Crippen LogP contribution in [-0.4, -0.2) is 31.3 Å². The number of nitrogens with zero attached hydrogens (tertiary/aromatic N) is 1. The lowest BCUT2D eigenvalue weighted by Gasteiger charge is -2.18. The minimum absolute atomic E-state index is 0.359. The predicted octanol–water partition coefficient (Wildman–Crippen LogP) is 2.30. The van der Waals surface area contributed by atoms with Crippen LogP contribution in [0.25, 0.3) is 0 Å². The van der Waals surface area contributed by atoms with E-state index in [0.717, 1.165) is 37.6 Å². The Kier molecular flexibility index (Phi) is 3.67. The van der Waals surface area contributed by atoms with Crippen molar-refractivity contribution in [3.05, 3.63) is 23.8 Å². The number of ether oxygens (including phenoxy) is 2. The molecule has 0 bridgehead atoms. The molecule has 0 aliphatic carbocycles. The van der Waals surface area contributed by atoms with Crippen molar-refractivity contribution in [2.24, 2.45) is 0 Å². The summed E-state index contributed by atoms with van der Waals surface area (Å²) in [6.07, 6.45) is 1.02. The first-order chi connectivity index (χ1) is 7.85. The maximum absolute atomic E-state index is 5.49. The number of hydrogen-bond acceptors (Lipinski definition) is 3. The van der Waals surface area contributed by atoms with Crippen molar-refractivity contribution in [1.82, 2.24) is 4.90 Å². The molecular formula is C13H19NO2. The maximum Gasteiger partial charge on any atom is 0.231 e. The van der Waals surface area contributed by atoms with Gasteiger partial charge in [0.1, 0.15) is 0 Å². The number of likely N-dealkylation sites (N-methyl/N-ethyl adjacent to an activating group) is 1. The Morgan fingerprint density at radius 2 is 2.00 bits per heavy atom. The van der Waals surface area contributed by atoms with Crippen LogP contribution in [-0.2, 0) is 6.42 Å². The van der Waals surface area contributed by atoms with Gasteiger partial charge in [-0.3, -0.25) is 0 Å². The molecule has 16 heavy (non-hydrogen) atoms. The van der Waals surface area contributed by atoms with E-state index in [1.807, 2.05) is 12.1 Å². The molecule has 0 radical (unpaired) electrons. The van der Waals surface area contributed by atoms with Crippen LogP contribution < -0.4 is 9.47 Å². The molecule has 3 nitrogen and oxygen atoms in total. The van der Waals surface area contributed by atoms with Crippen molar-refractivity contribution >= 4 is 0 Å². The van der Waals surface area contributed by atoms with Crippen LogP contribution in [0.5, 0.6) is 11.5 Å². The van der Waals surface area contributed by atoms with Gasteiger partial charge in [0.2, 0.25) is 6.79 Å². The monoisotopic (exact) mass is 221 g/mol. The molecule has 1 aromatic rings. The first kappa shape index (κ1) is 11.3. The van der Waals surface area contributed by atoms with E-state index in [-0.39, 0.29) is 0 Å². The summed E-state index contributed by atoms with van der Waals surface area (Å²) in [4.78, 5) is 2.41. The van der Waals surface area contributed by atoms with Gasteiger partial charge >= 0.3 is 0 Å². The molecule has 1 aliphatic rings. The smallest absolute Gasteiger partial charge is 0.231 e. The van der Waals surface area contributed by atoms with Gasteiger partial charge in [-0.2, -0.15) is 0 Å². The van der Waals surface area contributed by atoms with Crippen molar-refractivity contribution in [1.29, 1.82) is 0 Å². The lowest BCUT2D eigenvalue weighted by Crippen LogP contribution is -2.25. The summed E-state index contributed by atoms with van der Waals surface area (Å²) in [7, 11) is 0. The predicted molar refractivity (Wildman–Crippen MR) is 64.1 cm³/mol. The second-order valence-corrected chi connectivity index (χ2v) is 3.93. The summed E-state index contributed by atoms with van der Waals surface area (Å²) in [6, 6.07) is 6.12. The van der Waals surface area contributed by atoms with Crippen LogP contribution >= 0.6 is 0 Å². The average Bonchev–Trinajstić information content (AvgIpc) is 2.79. The van der Waals surface area contributed by atoms with Crippen molar-refractivity contribution in [3.63, 3.8) is 0 Å².